The maximum Gasteiger partial charge on any atom is 0.252 e. The van der Waals surface area contributed by atoms with Crippen LogP contribution in [0.2, 0.25) is 0 Å². The van der Waals surface area contributed by atoms with Gasteiger partial charge >= 0.3 is 0 Å². The predicted octanol–water partition coefficient (Wildman–Crippen LogP) is 1.29. The van der Waals surface area contributed by atoms with Crippen LogP contribution in [-0.2, 0) is 0 Å². The molecule has 0 aromatic carbocycles. The van der Waals surface area contributed by atoms with E-state index in [1.165, 1.54) is 19.3 Å². The van der Waals surface area contributed by atoms with Gasteiger partial charge in [-0.2, -0.15) is 0 Å². The molecule has 0 aliphatic carbocycles. The molecule has 2 unspecified atom stereocenters. The molecule has 3 rings (SSSR count). The van der Waals surface area contributed by atoms with Crippen molar-refractivity contribution in [3.8, 4) is 0 Å². The maximum absolute atomic E-state index is 11.6. The van der Waals surface area contributed by atoms with Gasteiger partial charge < -0.3 is 16.0 Å². The summed E-state index contributed by atoms with van der Waals surface area (Å²) in [5.74, 6) is 0.371. The molecule has 3 N–H and O–H groups in total. The summed E-state index contributed by atoms with van der Waals surface area (Å²) in [7, 11) is 0. The van der Waals surface area contributed by atoms with E-state index < -0.39 is 5.91 Å². The van der Waals surface area contributed by atoms with Gasteiger partial charge in [0.15, 0.2) is 0 Å². The molecule has 2 atom stereocenters. The Morgan fingerprint density at radius 3 is 3.00 bits per heavy atom. The van der Waals surface area contributed by atoms with Crippen molar-refractivity contribution in [1.82, 2.24) is 10.3 Å². The maximum atomic E-state index is 11.6. The Bertz CT molecular complexity index is 485. The molecule has 2 aliphatic rings. The Hall–Kier alpha value is -1.62. The SMILES string of the molecule is NC(=O)c1cccnc1N1CCCCC1C1CCCN1. The van der Waals surface area contributed by atoms with Gasteiger partial charge in [-0.3, -0.25) is 4.79 Å². The van der Waals surface area contributed by atoms with E-state index in [-0.39, 0.29) is 0 Å². The van der Waals surface area contributed by atoms with Gasteiger partial charge in [0.2, 0.25) is 0 Å². The van der Waals surface area contributed by atoms with E-state index in [1.807, 2.05) is 0 Å². The van der Waals surface area contributed by atoms with Crippen molar-refractivity contribution >= 4 is 11.7 Å². The van der Waals surface area contributed by atoms with E-state index in [4.69, 9.17) is 5.73 Å². The fraction of sp³-hybridized carbons (Fsp3) is 0.600. The summed E-state index contributed by atoms with van der Waals surface area (Å²) in [6, 6.07) is 4.49. The number of amides is 1. The molecule has 20 heavy (non-hydrogen) atoms. The molecule has 2 fully saturated rings. The number of carbonyl (C=O) groups excluding carboxylic acids is 1. The van der Waals surface area contributed by atoms with Crippen LogP contribution in [0, 0.1) is 0 Å². The Balaban J connectivity index is 1.91. The van der Waals surface area contributed by atoms with Crippen molar-refractivity contribution in [2.75, 3.05) is 18.0 Å². The van der Waals surface area contributed by atoms with Gasteiger partial charge in [-0.1, -0.05) is 0 Å². The number of primary amides is 1. The largest absolute Gasteiger partial charge is 0.365 e. The first-order valence-corrected chi connectivity index (χ1v) is 7.52. The lowest BCUT2D eigenvalue weighted by molar-refractivity contribution is 0.1000. The van der Waals surface area contributed by atoms with Crippen LogP contribution in [0.1, 0.15) is 42.5 Å². The first-order valence-electron chi connectivity index (χ1n) is 7.52. The Labute approximate surface area is 119 Å². The molecule has 5 nitrogen and oxygen atoms in total. The fourth-order valence-corrected chi connectivity index (χ4v) is 3.50. The average Bonchev–Trinajstić information content (AvgIpc) is 3.01. The highest BCUT2D eigenvalue weighted by Crippen LogP contribution is 2.29. The number of anilines is 1. The predicted molar refractivity (Wildman–Crippen MR) is 78.8 cm³/mol. The van der Waals surface area contributed by atoms with E-state index in [9.17, 15) is 4.79 Å². The fourth-order valence-electron chi connectivity index (χ4n) is 3.50. The number of piperidine rings is 1. The summed E-state index contributed by atoms with van der Waals surface area (Å²) in [5, 5.41) is 3.59. The first kappa shape index (κ1) is 13.4. The highest BCUT2D eigenvalue weighted by Gasteiger charge is 2.33. The molecular formula is C15H22N4O. The van der Waals surface area contributed by atoms with Crippen LogP contribution in [0.5, 0.6) is 0 Å². The van der Waals surface area contributed by atoms with Gasteiger partial charge in [-0.25, -0.2) is 4.98 Å². The van der Waals surface area contributed by atoms with Gasteiger partial charge in [0, 0.05) is 24.8 Å². The van der Waals surface area contributed by atoms with Crippen LogP contribution >= 0.6 is 0 Å². The second-order valence-corrected chi connectivity index (χ2v) is 5.70. The zero-order valence-electron chi connectivity index (χ0n) is 11.7. The summed E-state index contributed by atoms with van der Waals surface area (Å²) < 4.78 is 0. The van der Waals surface area contributed by atoms with E-state index >= 15 is 0 Å². The number of hydrogen-bond acceptors (Lipinski definition) is 4. The van der Waals surface area contributed by atoms with Crippen molar-refractivity contribution in [2.24, 2.45) is 5.73 Å². The summed E-state index contributed by atoms with van der Waals surface area (Å²) in [5.41, 5.74) is 6.04. The minimum atomic E-state index is -0.392. The van der Waals surface area contributed by atoms with Crippen molar-refractivity contribution in [2.45, 2.75) is 44.2 Å². The lowest BCUT2D eigenvalue weighted by Crippen LogP contribution is -2.51. The summed E-state index contributed by atoms with van der Waals surface area (Å²) in [4.78, 5) is 18.4. The van der Waals surface area contributed by atoms with E-state index in [0.717, 1.165) is 31.7 Å². The molecule has 3 heterocycles. The second kappa shape index (κ2) is 5.79. The summed E-state index contributed by atoms with van der Waals surface area (Å²) >= 11 is 0. The molecule has 0 spiro atoms. The third kappa shape index (κ3) is 2.50. The van der Waals surface area contributed by atoms with Gasteiger partial charge in [-0.05, 0) is 50.8 Å². The number of pyridine rings is 1. The zero-order valence-corrected chi connectivity index (χ0v) is 11.7. The number of nitrogens with two attached hydrogens (primary N) is 1. The highest BCUT2D eigenvalue weighted by molar-refractivity contribution is 5.97. The molecule has 1 aromatic rings. The van der Waals surface area contributed by atoms with Crippen molar-refractivity contribution in [3.63, 3.8) is 0 Å². The number of carbonyl (C=O) groups is 1. The Kier molecular flexibility index (Phi) is 3.87. The second-order valence-electron chi connectivity index (χ2n) is 5.70. The molecule has 2 aliphatic heterocycles. The summed E-state index contributed by atoms with van der Waals surface area (Å²) in [6.45, 7) is 2.06. The van der Waals surface area contributed by atoms with Crippen molar-refractivity contribution in [3.05, 3.63) is 23.9 Å². The number of rotatable bonds is 3. The molecule has 108 valence electrons. The van der Waals surface area contributed by atoms with Crippen LogP contribution in [0.3, 0.4) is 0 Å². The van der Waals surface area contributed by atoms with Crippen LogP contribution in [0.25, 0.3) is 0 Å². The normalized spacial score (nSPS) is 26.7. The molecule has 1 amide bonds. The van der Waals surface area contributed by atoms with Crippen molar-refractivity contribution in [1.29, 1.82) is 0 Å². The smallest absolute Gasteiger partial charge is 0.252 e. The van der Waals surface area contributed by atoms with E-state index in [1.54, 1.807) is 18.3 Å². The molecule has 5 heteroatoms. The topological polar surface area (TPSA) is 71.2 Å². The van der Waals surface area contributed by atoms with Crippen LogP contribution in [0.4, 0.5) is 5.82 Å². The van der Waals surface area contributed by atoms with Crippen molar-refractivity contribution < 1.29 is 4.79 Å². The molecule has 1 aromatic heterocycles. The van der Waals surface area contributed by atoms with E-state index in [0.29, 0.717) is 17.6 Å². The first-order chi connectivity index (χ1) is 9.77. The van der Waals surface area contributed by atoms with Gasteiger partial charge in [0.1, 0.15) is 5.82 Å². The van der Waals surface area contributed by atoms with Gasteiger partial charge in [-0.15, -0.1) is 0 Å². The third-order valence-electron chi connectivity index (χ3n) is 4.44. The molecule has 0 saturated carbocycles. The highest BCUT2D eigenvalue weighted by atomic mass is 16.1. The number of nitrogens with one attached hydrogen (secondary N) is 1. The van der Waals surface area contributed by atoms with Crippen LogP contribution in [0.15, 0.2) is 18.3 Å². The number of hydrogen-bond donors (Lipinski definition) is 2. The third-order valence-corrected chi connectivity index (χ3v) is 4.44. The van der Waals surface area contributed by atoms with E-state index in [2.05, 4.69) is 15.2 Å². The monoisotopic (exact) mass is 274 g/mol. The zero-order chi connectivity index (χ0) is 13.9. The van der Waals surface area contributed by atoms with Gasteiger partial charge in [0.05, 0.1) is 5.56 Å². The minimum absolute atomic E-state index is 0.392. The Morgan fingerprint density at radius 1 is 1.35 bits per heavy atom. The number of aromatic nitrogens is 1. The van der Waals surface area contributed by atoms with Crippen LogP contribution < -0.4 is 16.0 Å². The van der Waals surface area contributed by atoms with Crippen LogP contribution in [-0.4, -0.2) is 36.1 Å². The quantitative estimate of drug-likeness (QED) is 0.871. The lowest BCUT2D eigenvalue weighted by atomic mass is 9.94. The molecule has 2 saturated heterocycles. The Morgan fingerprint density at radius 2 is 2.25 bits per heavy atom. The lowest BCUT2D eigenvalue weighted by Gasteiger charge is -2.40. The summed E-state index contributed by atoms with van der Waals surface area (Å²) in [6.07, 6.45) is 7.75. The molecule has 0 radical (unpaired) electrons. The number of nitrogens with zero attached hydrogens (tertiary/aromatic N) is 2. The standard InChI is InChI=1S/C15H22N4O/c16-14(20)11-5-3-9-18-15(11)19-10-2-1-7-13(19)12-6-4-8-17-12/h3,5,9,12-13,17H,1-2,4,6-8,10H2,(H2,16,20). The average molecular weight is 274 g/mol. The van der Waals surface area contributed by atoms with Gasteiger partial charge in [0.25, 0.3) is 5.91 Å². The minimum Gasteiger partial charge on any atom is -0.365 e. The molecular weight excluding hydrogens is 252 g/mol. The molecule has 0 bridgehead atoms.